The molecule has 27 heavy (non-hydrogen) atoms. The maximum absolute atomic E-state index is 14.2. The van der Waals surface area contributed by atoms with Crippen LogP contribution in [0.25, 0.3) is 0 Å². The number of Topliss-reactive ketones (excluding diaryl/α,β-unsaturated/α-hetero) is 1. The van der Waals surface area contributed by atoms with Gasteiger partial charge in [0.15, 0.2) is 11.6 Å². The van der Waals surface area contributed by atoms with Crippen LogP contribution in [-0.2, 0) is 10.1 Å². The molecule has 0 atom stereocenters. The second-order valence-electron chi connectivity index (χ2n) is 5.22. The molecule has 0 bridgehead atoms. The van der Waals surface area contributed by atoms with Crippen LogP contribution in [0.15, 0.2) is 36.4 Å². The van der Waals surface area contributed by atoms with E-state index in [4.69, 9.17) is 9.47 Å². The molecule has 0 aliphatic heterocycles. The highest BCUT2D eigenvalue weighted by atomic mass is 79.9. The highest BCUT2D eigenvalue weighted by Crippen LogP contribution is 2.32. The average Bonchev–Trinajstić information content (AvgIpc) is 2.61. The topological polar surface area (TPSA) is 52.6 Å². The molecule has 4 nitrogen and oxygen atoms in total. The fourth-order valence-corrected chi connectivity index (χ4v) is 2.68. The van der Waals surface area contributed by atoms with Crippen LogP contribution < -0.4 is 4.74 Å². The van der Waals surface area contributed by atoms with E-state index >= 15 is 0 Å². The van der Waals surface area contributed by atoms with Gasteiger partial charge in [0.25, 0.3) is 5.78 Å². The molecule has 2 aromatic carbocycles. The Hall–Kier alpha value is -2.42. The predicted molar refractivity (Wildman–Crippen MR) is 91.9 cm³/mol. The van der Waals surface area contributed by atoms with Gasteiger partial charge >= 0.3 is 12.1 Å². The first-order valence-electron chi connectivity index (χ1n) is 7.63. The van der Waals surface area contributed by atoms with E-state index < -0.39 is 35.1 Å². The van der Waals surface area contributed by atoms with Crippen LogP contribution in [-0.4, -0.2) is 24.5 Å². The third-order valence-electron chi connectivity index (χ3n) is 3.41. The van der Waals surface area contributed by atoms with Gasteiger partial charge < -0.3 is 9.47 Å². The summed E-state index contributed by atoms with van der Waals surface area (Å²) in [7, 11) is 0. The molecule has 0 unspecified atom stereocenters. The molecular weight excluding hydrogens is 436 g/mol. The van der Waals surface area contributed by atoms with Crippen LogP contribution in [0.3, 0.4) is 0 Å². The lowest BCUT2D eigenvalue weighted by Crippen LogP contribution is -2.22. The van der Waals surface area contributed by atoms with E-state index in [0.29, 0.717) is 17.0 Å². The Labute approximate surface area is 160 Å². The summed E-state index contributed by atoms with van der Waals surface area (Å²) in [5.41, 5.74) is -0.270. The van der Waals surface area contributed by atoms with E-state index in [9.17, 15) is 27.2 Å². The molecule has 2 aromatic rings. The second-order valence-corrected chi connectivity index (χ2v) is 5.78. The Balaban J connectivity index is 2.40. The molecule has 0 amide bonds. The molecule has 0 saturated heterocycles. The van der Waals surface area contributed by atoms with Crippen LogP contribution in [0.5, 0.6) is 11.5 Å². The van der Waals surface area contributed by atoms with Gasteiger partial charge in [0, 0.05) is 10.9 Å². The normalized spacial score (nSPS) is 11.2. The van der Waals surface area contributed by atoms with Crippen LogP contribution in [0.1, 0.15) is 33.2 Å². The average molecular weight is 449 g/mol. The first-order valence-corrected chi connectivity index (χ1v) is 8.75. The number of halogens is 5. The summed E-state index contributed by atoms with van der Waals surface area (Å²) in [5.74, 6) is -4.50. The molecule has 144 valence electrons. The van der Waals surface area contributed by atoms with Crippen molar-refractivity contribution in [3.8, 4) is 11.5 Å². The lowest BCUT2D eigenvalue weighted by molar-refractivity contribution is -0.0885. The molecule has 0 radical (unpaired) electrons. The molecule has 0 aliphatic carbocycles. The smallest absolute Gasteiger partial charge is 0.454 e. The highest BCUT2D eigenvalue weighted by Gasteiger charge is 2.39. The van der Waals surface area contributed by atoms with Gasteiger partial charge in [0.2, 0.25) is 0 Å². The van der Waals surface area contributed by atoms with E-state index in [1.807, 2.05) is 0 Å². The van der Waals surface area contributed by atoms with Crippen molar-refractivity contribution in [2.45, 2.75) is 18.4 Å². The van der Waals surface area contributed by atoms with Gasteiger partial charge in [0.1, 0.15) is 11.3 Å². The van der Waals surface area contributed by atoms with Crippen molar-refractivity contribution in [3.63, 3.8) is 0 Å². The molecular formula is C18H13BrF4O4. The largest absolute Gasteiger partial charge is 0.462 e. The first kappa shape index (κ1) is 20.9. The number of carbonyl (C=O) groups excluding carboxylic acids is 2. The van der Waals surface area contributed by atoms with Crippen molar-refractivity contribution in [1.29, 1.82) is 0 Å². The van der Waals surface area contributed by atoms with Crippen molar-refractivity contribution >= 4 is 27.7 Å². The lowest BCUT2D eigenvalue weighted by Gasteiger charge is -2.14. The molecule has 9 heteroatoms. The van der Waals surface area contributed by atoms with E-state index in [1.165, 1.54) is 6.07 Å². The fourth-order valence-electron chi connectivity index (χ4n) is 2.21. The van der Waals surface area contributed by atoms with E-state index in [1.54, 1.807) is 19.1 Å². The zero-order valence-corrected chi connectivity index (χ0v) is 15.5. The van der Waals surface area contributed by atoms with Crippen molar-refractivity contribution < 1.29 is 36.6 Å². The standard InChI is InChI=1S/C18H13BrF4O4/c1-2-26-17(25)15-11(9-19)4-3-5-14(15)27-13-7-6-10(8-12(13)20)16(24)18(21,22)23/h3-8H,2,9H2,1H3. The number of rotatable bonds is 6. The van der Waals surface area contributed by atoms with Crippen LogP contribution >= 0.6 is 15.9 Å². The van der Waals surface area contributed by atoms with Gasteiger partial charge in [-0.25, -0.2) is 9.18 Å². The number of hydrogen-bond donors (Lipinski definition) is 0. The Bertz CT molecular complexity index is 865. The molecule has 0 aliphatic rings. The molecule has 0 saturated carbocycles. The van der Waals surface area contributed by atoms with Crippen molar-refractivity contribution in [2.75, 3.05) is 6.61 Å². The van der Waals surface area contributed by atoms with E-state index in [0.717, 1.165) is 12.1 Å². The molecule has 0 aromatic heterocycles. The molecule has 0 spiro atoms. The number of alkyl halides is 4. The molecule has 0 fully saturated rings. The SMILES string of the molecule is CCOC(=O)c1c(CBr)cccc1Oc1ccc(C(=O)C(F)(F)F)cc1F. The summed E-state index contributed by atoms with van der Waals surface area (Å²) < 4.78 is 61.9. The first-order chi connectivity index (χ1) is 12.7. The van der Waals surface area contributed by atoms with Gasteiger partial charge in [-0.15, -0.1) is 0 Å². The van der Waals surface area contributed by atoms with Gasteiger partial charge in [-0.1, -0.05) is 28.1 Å². The fraction of sp³-hybridized carbons (Fsp3) is 0.222. The number of hydrogen-bond acceptors (Lipinski definition) is 4. The Morgan fingerprint density at radius 2 is 1.81 bits per heavy atom. The molecule has 0 heterocycles. The second kappa shape index (κ2) is 8.51. The van der Waals surface area contributed by atoms with Gasteiger partial charge in [-0.2, -0.15) is 13.2 Å². The van der Waals surface area contributed by atoms with E-state index in [-0.39, 0.29) is 17.9 Å². The highest BCUT2D eigenvalue weighted by molar-refractivity contribution is 9.08. The summed E-state index contributed by atoms with van der Waals surface area (Å²) in [4.78, 5) is 23.4. The quantitative estimate of drug-likeness (QED) is 0.255. The number of benzene rings is 2. The predicted octanol–water partition coefficient (Wildman–Crippen LogP) is 5.43. The van der Waals surface area contributed by atoms with Crippen LogP contribution in [0.4, 0.5) is 17.6 Å². The third-order valence-corrected chi connectivity index (χ3v) is 4.01. The summed E-state index contributed by atoms with van der Waals surface area (Å²) >= 11 is 3.22. The summed E-state index contributed by atoms with van der Waals surface area (Å²) in [6.45, 7) is 1.72. The minimum atomic E-state index is -5.11. The summed E-state index contributed by atoms with van der Waals surface area (Å²) in [6.07, 6.45) is -5.11. The van der Waals surface area contributed by atoms with Crippen molar-refractivity contribution in [2.24, 2.45) is 0 Å². The Morgan fingerprint density at radius 1 is 1.11 bits per heavy atom. The van der Waals surface area contributed by atoms with Gasteiger partial charge in [-0.05, 0) is 36.8 Å². The number of ketones is 1. The third kappa shape index (κ3) is 4.85. The minimum absolute atomic E-state index is 0.0285. The van der Waals surface area contributed by atoms with Gasteiger partial charge in [-0.3, -0.25) is 4.79 Å². The Morgan fingerprint density at radius 3 is 2.37 bits per heavy atom. The Kier molecular flexibility index (Phi) is 6.59. The maximum atomic E-state index is 14.2. The maximum Gasteiger partial charge on any atom is 0.454 e. The van der Waals surface area contributed by atoms with E-state index in [2.05, 4.69) is 15.9 Å². The summed E-state index contributed by atoms with van der Waals surface area (Å²) in [6, 6.07) is 6.72. The number of esters is 1. The van der Waals surface area contributed by atoms with Crippen LogP contribution in [0.2, 0.25) is 0 Å². The number of carbonyl (C=O) groups is 2. The minimum Gasteiger partial charge on any atom is -0.462 e. The van der Waals surface area contributed by atoms with Gasteiger partial charge in [0.05, 0.1) is 6.61 Å². The monoisotopic (exact) mass is 448 g/mol. The van der Waals surface area contributed by atoms with Crippen LogP contribution in [0, 0.1) is 5.82 Å². The zero-order valence-electron chi connectivity index (χ0n) is 13.9. The van der Waals surface area contributed by atoms with Crippen molar-refractivity contribution in [1.82, 2.24) is 0 Å². The number of ether oxygens (including phenoxy) is 2. The molecule has 0 N–H and O–H groups in total. The molecule has 2 rings (SSSR count). The summed E-state index contributed by atoms with van der Waals surface area (Å²) in [5, 5.41) is 0.292. The lowest BCUT2D eigenvalue weighted by atomic mass is 10.1. The van der Waals surface area contributed by atoms with Crippen molar-refractivity contribution in [3.05, 3.63) is 58.9 Å². The zero-order chi connectivity index (χ0) is 20.2.